The average Bonchev–Trinajstić information content (AvgIpc) is 2.97. The SMILES string of the molecule is CC(=O)Nc1ccc(N2CC(C(=O)N3CCN(C)CC3)CC2=O)cc1. The van der Waals surface area contributed by atoms with Gasteiger partial charge in [0.25, 0.3) is 0 Å². The zero-order valence-corrected chi connectivity index (χ0v) is 14.7. The van der Waals surface area contributed by atoms with Crippen molar-refractivity contribution in [3.05, 3.63) is 24.3 Å². The number of nitrogens with zero attached hydrogens (tertiary/aromatic N) is 3. The minimum absolute atomic E-state index is 0.0280. The van der Waals surface area contributed by atoms with Gasteiger partial charge in [0, 0.05) is 57.4 Å². The number of rotatable bonds is 3. The van der Waals surface area contributed by atoms with Crippen molar-refractivity contribution < 1.29 is 14.4 Å². The summed E-state index contributed by atoms with van der Waals surface area (Å²) in [6, 6.07) is 7.12. The summed E-state index contributed by atoms with van der Waals surface area (Å²) < 4.78 is 0. The maximum Gasteiger partial charge on any atom is 0.228 e. The number of hydrogen-bond donors (Lipinski definition) is 1. The molecule has 0 aliphatic carbocycles. The summed E-state index contributed by atoms with van der Waals surface area (Å²) in [5.74, 6) is -0.354. The van der Waals surface area contributed by atoms with Crippen molar-refractivity contribution >= 4 is 29.1 Å². The third-order valence-electron chi connectivity index (χ3n) is 4.79. The van der Waals surface area contributed by atoms with Crippen LogP contribution >= 0.6 is 0 Å². The fraction of sp³-hybridized carbons (Fsp3) is 0.500. The van der Waals surface area contributed by atoms with E-state index in [0.29, 0.717) is 12.2 Å². The maximum absolute atomic E-state index is 12.7. The first-order valence-electron chi connectivity index (χ1n) is 8.59. The van der Waals surface area contributed by atoms with Crippen LogP contribution in [0.2, 0.25) is 0 Å². The lowest BCUT2D eigenvalue weighted by atomic mass is 10.1. The van der Waals surface area contributed by atoms with E-state index in [0.717, 1.165) is 31.9 Å². The van der Waals surface area contributed by atoms with Crippen molar-refractivity contribution in [2.45, 2.75) is 13.3 Å². The van der Waals surface area contributed by atoms with Crippen LogP contribution in [-0.4, -0.2) is 67.3 Å². The topological polar surface area (TPSA) is 73.0 Å². The molecule has 0 aromatic heterocycles. The van der Waals surface area contributed by atoms with Crippen LogP contribution in [0.5, 0.6) is 0 Å². The highest BCUT2D eigenvalue weighted by molar-refractivity contribution is 6.00. The molecule has 3 rings (SSSR count). The van der Waals surface area contributed by atoms with Crippen LogP contribution in [0.3, 0.4) is 0 Å². The minimum atomic E-state index is -0.272. The van der Waals surface area contributed by atoms with Gasteiger partial charge in [0.1, 0.15) is 0 Å². The van der Waals surface area contributed by atoms with Crippen LogP contribution in [-0.2, 0) is 14.4 Å². The number of hydrogen-bond acceptors (Lipinski definition) is 4. The molecule has 2 saturated heterocycles. The fourth-order valence-electron chi connectivity index (χ4n) is 3.34. The van der Waals surface area contributed by atoms with E-state index in [-0.39, 0.29) is 30.1 Å². The van der Waals surface area contributed by atoms with Gasteiger partial charge in [-0.1, -0.05) is 0 Å². The summed E-state index contributed by atoms with van der Waals surface area (Å²) >= 11 is 0. The Kier molecular flexibility index (Phi) is 5.03. The quantitative estimate of drug-likeness (QED) is 0.879. The van der Waals surface area contributed by atoms with Gasteiger partial charge in [-0.15, -0.1) is 0 Å². The Morgan fingerprint density at radius 1 is 1.08 bits per heavy atom. The molecule has 2 fully saturated rings. The molecule has 134 valence electrons. The van der Waals surface area contributed by atoms with Gasteiger partial charge in [-0.2, -0.15) is 0 Å². The number of carbonyl (C=O) groups is 3. The van der Waals surface area contributed by atoms with Crippen molar-refractivity contribution in [2.24, 2.45) is 5.92 Å². The number of anilines is 2. The molecule has 2 aliphatic heterocycles. The largest absolute Gasteiger partial charge is 0.340 e. The van der Waals surface area contributed by atoms with Crippen LogP contribution in [0.25, 0.3) is 0 Å². The van der Waals surface area contributed by atoms with Gasteiger partial charge in [-0.05, 0) is 31.3 Å². The Balaban J connectivity index is 1.64. The molecular weight excluding hydrogens is 320 g/mol. The van der Waals surface area contributed by atoms with Gasteiger partial charge in [0.2, 0.25) is 17.7 Å². The van der Waals surface area contributed by atoms with E-state index in [1.165, 1.54) is 6.92 Å². The van der Waals surface area contributed by atoms with Gasteiger partial charge >= 0.3 is 0 Å². The molecule has 0 bridgehead atoms. The van der Waals surface area contributed by atoms with Crippen LogP contribution < -0.4 is 10.2 Å². The first kappa shape index (κ1) is 17.4. The third kappa shape index (κ3) is 3.99. The lowest BCUT2D eigenvalue weighted by Crippen LogP contribution is -2.49. The Hall–Kier alpha value is -2.41. The first-order valence-corrected chi connectivity index (χ1v) is 8.59. The molecule has 7 nitrogen and oxygen atoms in total. The summed E-state index contributed by atoms with van der Waals surface area (Å²) in [6.07, 6.45) is 0.263. The van der Waals surface area contributed by atoms with Gasteiger partial charge in [-0.25, -0.2) is 0 Å². The van der Waals surface area contributed by atoms with Gasteiger partial charge in [-0.3, -0.25) is 14.4 Å². The molecular formula is C18H24N4O3. The van der Waals surface area contributed by atoms with Gasteiger partial charge in [0.15, 0.2) is 0 Å². The summed E-state index contributed by atoms with van der Waals surface area (Å²) in [7, 11) is 2.05. The zero-order chi connectivity index (χ0) is 18.0. The predicted octanol–water partition coefficient (Wildman–Crippen LogP) is 0.772. The molecule has 1 N–H and O–H groups in total. The average molecular weight is 344 g/mol. The summed E-state index contributed by atoms with van der Waals surface area (Å²) in [6.45, 7) is 5.08. The summed E-state index contributed by atoms with van der Waals surface area (Å²) in [4.78, 5) is 41.9. The highest BCUT2D eigenvalue weighted by Crippen LogP contribution is 2.27. The van der Waals surface area contributed by atoms with Crippen molar-refractivity contribution in [1.29, 1.82) is 0 Å². The van der Waals surface area contributed by atoms with E-state index in [4.69, 9.17) is 0 Å². The van der Waals surface area contributed by atoms with E-state index < -0.39 is 0 Å². The van der Waals surface area contributed by atoms with E-state index in [1.807, 2.05) is 11.9 Å². The Morgan fingerprint density at radius 2 is 1.72 bits per heavy atom. The summed E-state index contributed by atoms with van der Waals surface area (Å²) in [5, 5.41) is 2.70. The molecule has 2 aliphatic rings. The molecule has 0 radical (unpaired) electrons. The number of nitrogens with one attached hydrogen (secondary N) is 1. The second-order valence-corrected chi connectivity index (χ2v) is 6.76. The second kappa shape index (κ2) is 7.23. The molecule has 1 atom stereocenters. The zero-order valence-electron chi connectivity index (χ0n) is 14.7. The summed E-state index contributed by atoms with van der Waals surface area (Å²) in [5.41, 5.74) is 1.45. The molecule has 7 heteroatoms. The smallest absolute Gasteiger partial charge is 0.228 e. The molecule has 0 saturated carbocycles. The van der Waals surface area contributed by atoms with Crippen LogP contribution in [0.15, 0.2) is 24.3 Å². The van der Waals surface area contributed by atoms with Crippen molar-refractivity contribution in [2.75, 3.05) is 50.0 Å². The lowest BCUT2D eigenvalue weighted by Gasteiger charge is -2.33. The van der Waals surface area contributed by atoms with Crippen molar-refractivity contribution in [3.8, 4) is 0 Å². The van der Waals surface area contributed by atoms with Crippen LogP contribution in [0.4, 0.5) is 11.4 Å². The standard InChI is InChI=1S/C18H24N4O3/c1-13(23)19-15-3-5-16(6-4-15)22-12-14(11-17(22)24)18(25)21-9-7-20(2)8-10-21/h3-6,14H,7-12H2,1-2H3,(H,19,23). The van der Waals surface area contributed by atoms with Crippen LogP contribution in [0.1, 0.15) is 13.3 Å². The monoisotopic (exact) mass is 344 g/mol. The van der Waals surface area contributed by atoms with Gasteiger partial charge in [0.05, 0.1) is 5.92 Å². The number of benzene rings is 1. The first-order chi connectivity index (χ1) is 11.9. The number of likely N-dealkylation sites (N-methyl/N-ethyl adjacent to an activating group) is 1. The third-order valence-corrected chi connectivity index (χ3v) is 4.79. The molecule has 0 spiro atoms. The molecule has 25 heavy (non-hydrogen) atoms. The Labute approximate surface area is 147 Å². The Bertz CT molecular complexity index is 665. The normalized spacial score (nSPS) is 21.5. The number of piperazine rings is 1. The van der Waals surface area contributed by atoms with Crippen LogP contribution in [0, 0.1) is 5.92 Å². The lowest BCUT2D eigenvalue weighted by molar-refractivity contribution is -0.137. The van der Waals surface area contributed by atoms with E-state index >= 15 is 0 Å². The Morgan fingerprint density at radius 3 is 2.32 bits per heavy atom. The molecule has 3 amide bonds. The van der Waals surface area contributed by atoms with Crippen molar-refractivity contribution in [1.82, 2.24) is 9.80 Å². The number of amides is 3. The maximum atomic E-state index is 12.7. The number of carbonyl (C=O) groups excluding carboxylic acids is 3. The molecule has 1 aromatic rings. The molecule has 1 unspecified atom stereocenters. The molecule has 1 aromatic carbocycles. The van der Waals surface area contributed by atoms with E-state index in [9.17, 15) is 14.4 Å². The fourth-order valence-corrected chi connectivity index (χ4v) is 3.34. The molecule has 2 heterocycles. The van der Waals surface area contributed by atoms with Crippen molar-refractivity contribution in [3.63, 3.8) is 0 Å². The van der Waals surface area contributed by atoms with E-state index in [2.05, 4.69) is 10.2 Å². The predicted molar refractivity (Wildman–Crippen MR) is 95.3 cm³/mol. The highest BCUT2D eigenvalue weighted by Gasteiger charge is 2.37. The van der Waals surface area contributed by atoms with Gasteiger partial charge < -0.3 is 20.0 Å². The highest BCUT2D eigenvalue weighted by atomic mass is 16.2. The minimum Gasteiger partial charge on any atom is -0.340 e. The van der Waals surface area contributed by atoms with E-state index in [1.54, 1.807) is 29.2 Å². The second-order valence-electron chi connectivity index (χ2n) is 6.76.